The van der Waals surface area contributed by atoms with Crippen molar-refractivity contribution in [2.24, 2.45) is 0 Å². The van der Waals surface area contributed by atoms with Crippen molar-refractivity contribution in [2.75, 3.05) is 0 Å². The maximum Gasteiger partial charge on any atom is 0.284 e. The Hall–Kier alpha value is -2.75. The van der Waals surface area contributed by atoms with Crippen molar-refractivity contribution in [2.45, 2.75) is 0 Å². The number of rotatable bonds is 2. The van der Waals surface area contributed by atoms with E-state index in [-0.39, 0.29) is 11.5 Å². The van der Waals surface area contributed by atoms with Crippen molar-refractivity contribution in [3.63, 3.8) is 0 Å². The van der Waals surface area contributed by atoms with Gasteiger partial charge in [-0.05, 0) is 30.3 Å². The minimum absolute atomic E-state index is 0.123. The van der Waals surface area contributed by atoms with Gasteiger partial charge < -0.3 is 10.2 Å². The van der Waals surface area contributed by atoms with Gasteiger partial charge >= 0.3 is 0 Å². The van der Waals surface area contributed by atoms with Gasteiger partial charge in [0.15, 0.2) is 17.2 Å². The van der Waals surface area contributed by atoms with Crippen LogP contribution in [0.4, 0.5) is 0 Å². The molecule has 0 aliphatic rings. The molecule has 3 rings (SSSR count). The number of phenolic OH excluding ortho intramolecular Hbond substituents is 2. The van der Waals surface area contributed by atoms with Gasteiger partial charge in [0.2, 0.25) is 0 Å². The monoisotopic (exact) mass is 253 g/mol. The fourth-order valence-corrected chi connectivity index (χ4v) is 1.96. The molecule has 4 N–H and O–H groups in total. The van der Waals surface area contributed by atoms with Crippen molar-refractivity contribution < 1.29 is 15.2 Å². The summed E-state index contributed by atoms with van der Waals surface area (Å²) in [6.07, 6.45) is 1.83. The largest absolute Gasteiger partial charge is 0.504 e. The van der Waals surface area contributed by atoms with Crippen LogP contribution < -0.4 is 4.98 Å². The summed E-state index contributed by atoms with van der Waals surface area (Å²) in [5.74, 6) is 0.638. The Morgan fingerprint density at radius 2 is 1.63 bits per heavy atom. The lowest BCUT2D eigenvalue weighted by Gasteiger charge is -1.98. The number of hydrogen-bond donors (Lipinski definition) is 3. The van der Waals surface area contributed by atoms with E-state index in [1.165, 1.54) is 12.1 Å². The lowest BCUT2D eigenvalue weighted by molar-refractivity contribution is -0.361. The van der Waals surface area contributed by atoms with Crippen LogP contribution in [0.2, 0.25) is 0 Å². The zero-order chi connectivity index (χ0) is 13.2. The summed E-state index contributed by atoms with van der Waals surface area (Å²) in [7, 11) is 0. The van der Waals surface area contributed by atoms with Gasteiger partial charge in [0.05, 0.1) is 5.56 Å². The summed E-state index contributed by atoms with van der Waals surface area (Å²) in [6.45, 7) is 0. The fraction of sp³-hybridized carbons (Fsp3) is 0. The summed E-state index contributed by atoms with van der Waals surface area (Å²) >= 11 is 0. The number of phenols is 2. The van der Waals surface area contributed by atoms with Gasteiger partial charge in [-0.1, -0.05) is 18.2 Å². The molecule has 0 radical (unpaired) electrons. The smallest absolute Gasteiger partial charge is 0.284 e. The average Bonchev–Trinajstić information content (AvgIpc) is 2.93. The van der Waals surface area contributed by atoms with Crippen LogP contribution in [0.1, 0.15) is 0 Å². The van der Waals surface area contributed by atoms with Gasteiger partial charge in [0.25, 0.3) is 5.82 Å². The quantitative estimate of drug-likeness (QED) is 0.614. The fourth-order valence-electron chi connectivity index (χ4n) is 1.96. The molecule has 3 aromatic rings. The first-order valence-corrected chi connectivity index (χ1v) is 5.92. The van der Waals surface area contributed by atoms with E-state index in [2.05, 4.69) is 9.97 Å². The first-order chi connectivity index (χ1) is 9.24. The van der Waals surface area contributed by atoms with E-state index >= 15 is 0 Å². The molecule has 0 aliphatic carbocycles. The van der Waals surface area contributed by atoms with Gasteiger partial charge in [-0.2, -0.15) is 0 Å². The number of benzene rings is 2. The molecule has 0 unspecified atom stereocenters. The van der Waals surface area contributed by atoms with E-state index in [1.807, 2.05) is 36.5 Å². The predicted octanol–water partition coefficient (Wildman–Crippen LogP) is 2.57. The van der Waals surface area contributed by atoms with Crippen molar-refractivity contribution in [3.8, 4) is 34.1 Å². The van der Waals surface area contributed by atoms with Crippen molar-refractivity contribution in [1.82, 2.24) is 4.98 Å². The molecule has 0 aliphatic heterocycles. The molecule has 2 aromatic carbocycles. The summed E-state index contributed by atoms with van der Waals surface area (Å²) in [6, 6.07) is 14.6. The molecule has 0 saturated heterocycles. The van der Waals surface area contributed by atoms with E-state index in [9.17, 15) is 10.2 Å². The van der Waals surface area contributed by atoms with E-state index in [0.717, 1.165) is 22.6 Å². The highest BCUT2D eigenvalue weighted by Gasteiger charge is 2.13. The zero-order valence-corrected chi connectivity index (χ0v) is 10.1. The van der Waals surface area contributed by atoms with Crippen LogP contribution in [-0.2, 0) is 0 Å². The van der Waals surface area contributed by atoms with Crippen LogP contribution in [0.5, 0.6) is 11.5 Å². The number of aromatic nitrogens is 2. The van der Waals surface area contributed by atoms with Gasteiger partial charge in [-0.3, -0.25) is 0 Å². The second kappa shape index (κ2) is 4.49. The highest BCUT2D eigenvalue weighted by atomic mass is 16.3. The third kappa shape index (κ3) is 2.15. The molecule has 0 amide bonds. The Balaban J connectivity index is 1.99. The summed E-state index contributed by atoms with van der Waals surface area (Å²) in [5, 5.41) is 18.8. The first kappa shape index (κ1) is 11.3. The number of aromatic amines is 2. The standard InChI is InChI=1S/C15H12N2O2/c18-13-7-6-11(8-14(13)19)12-9-16-15(17-12)10-4-2-1-3-5-10/h1-9,18-19H,(H,16,17)/p+1. The topological polar surface area (TPSA) is 70.4 Å². The predicted molar refractivity (Wildman–Crippen MR) is 71.6 cm³/mol. The highest BCUT2D eigenvalue weighted by Crippen LogP contribution is 2.29. The van der Waals surface area contributed by atoms with Crippen LogP contribution in [0.3, 0.4) is 0 Å². The Morgan fingerprint density at radius 3 is 2.37 bits per heavy atom. The second-order valence-electron chi connectivity index (χ2n) is 4.27. The van der Waals surface area contributed by atoms with E-state index in [1.54, 1.807) is 6.07 Å². The molecule has 0 atom stereocenters. The molecule has 4 nitrogen and oxygen atoms in total. The van der Waals surface area contributed by atoms with E-state index in [4.69, 9.17) is 0 Å². The average molecular weight is 253 g/mol. The second-order valence-corrected chi connectivity index (χ2v) is 4.27. The number of H-pyrrole nitrogens is 2. The van der Waals surface area contributed by atoms with Crippen molar-refractivity contribution >= 4 is 0 Å². The van der Waals surface area contributed by atoms with E-state index in [0.29, 0.717) is 0 Å². The molecule has 94 valence electrons. The number of nitrogens with one attached hydrogen (secondary N) is 2. The Bertz CT molecular complexity index is 705. The molecule has 19 heavy (non-hydrogen) atoms. The molecule has 0 fully saturated rings. The summed E-state index contributed by atoms with van der Waals surface area (Å²) in [5.41, 5.74) is 2.69. The van der Waals surface area contributed by atoms with Crippen molar-refractivity contribution in [3.05, 3.63) is 54.7 Å². The van der Waals surface area contributed by atoms with Gasteiger partial charge in [-0.25, -0.2) is 9.97 Å². The Morgan fingerprint density at radius 1 is 0.842 bits per heavy atom. The van der Waals surface area contributed by atoms with Gasteiger partial charge in [0, 0.05) is 5.56 Å². The normalized spacial score (nSPS) is 10.5. The lowest BCUT2D eigenvalue weighted by Crippen LogP contribution is -1.99. The van der Waals surface area contributed by atoms with Crippen LogP contribution in [0.15, 0.2) is 54.7 Å². The number of aromatic hydroxyl groups is 2. The van der Waals surface area contributed by atoms with Crippen molar-refractivity contribution in [1.29, 1.82) is 0 Å². The molecule has 0 bridgehead atoms. The Labute approximate surface area is 110 Å². The summed E-state index contributed by atoms with van der Waals surface area (Å²) < 4.78 is 0. The van der Waals surface area contributed by atoms with E-state index < -0.39 is 0 Å². The third-order valence-electron chi connectivity index (χ3n) is 2.97. The number of imidazole rings is 1. The molecule has 0 spiro atoms. The SMILES string of the molecule is Oc1ccc(-c2c[nH+]c(-c3ccccc3)[nH]2)cc1O. The van der Waals surface area contributed by atoms with Crippen LogP contribution in [-0.4, -0.2) is 15.2 Å². The minimum Gasteiger partial charge on any atom is -0.504 e. The minimum atomic E-state index is -0.131. The molecule has 0 saturated carbocycles. The van der Waals surface area contributed by atoms with Gasteiger partial charge in [0.1, 0.15) is 6.20 Å². The lowest BCUT2D eigenvalue weighted by atomic mass is 10.1. The molecular weight excluding hydrogens is 240 g/mol. The molecular formula is C15H13N2O2+. The van der Waals surface area contributed by atoms with Crippen LogP contribution in [0.25, 0.3) is 22.6 Å². The molecule has 1 aromatic heterocycles. The third-order valence-corrected chi connectivity index (χ3v) is 2.97. The zero-order valence-electron chi connectivity index (χ0n) is 10.1. The first-order valence-electron chi connectivity index (χ1n) is 5.92. The maximum atomic E-state index is 9.51. The Kier molecular flexibility index (Phi) is 2.68. The molecule has 4 heteroatoms. The van der Waals surface area contributed by atoms with Gasteiger partial charge in [-0.15, -0.1) is 0 Å². The highest BCUT2D eigenvalue weighted by molar-refractivity contribution is 5.64. The van der Waals surface area contributed by atoms with Crippen LogP contribution in [0, 0.1) is 0 Å². The number of hydrogen-bond acceptors (Lipinski definition) is 2. The maximum absolute atomic E-state index is 9.51. The summed E-state index contributed by atoms with van der Waals surface area (Å²) in [4.78, 5) is 6.40. The van der Waals surface area contributed by atoms with Crippen LogP contribution >= 0.6 is 0 Å². The molecule has 1 heterocycles.